The third kappa shape index (κ3) is 3.32. The van der Waals surface area contributed by atoms with Crippen molar-refractivity contribution >= 4 is 9.84 Å². The van der Waals surface area contributed by atoms with E-state index >= 15 is 0 Å². The SMILES string of the molecule is O=S(=O)(CCCCC1CO1)c1ccccc1. The second kappa shape index (κ2) is 4.97. The zero-order chi connectivity index (χ0) is 11.4. The zero-order valence-corrected chi connectivity index (χ0v) is 9.95. The van der Waals surface area contributed by atoms with Crippen molar-refractivity contribution in [3.8, 4) is 0 Å². The second-order valence-corrected chi connectivity index (χ2v) is 6.19. The Morgan fingerprint density at radius 2 is 1.88 bits per heavy atom. The maximum Gasteiger partial charge on any atom is 0.178 e. The lowest BCUT2D eigenvalue weighted by Crippen LogP contribution is -2.06. The van der Waals surface area contributed by atoms with Crippen molar-refractivity contribution in [2.45, 2.75) is 30.3 Å². The molecule has 1 aromatic rings. The van der Waals surface area contributed by atoms with E-state index in [1.54, 1.807) is 24.3 Å². The largest absolute Gasteiger partial charge is 0.373 e. The molecule has 3 nitrogen and oxygen atoms in total. The molecule has 1 atom stereocenters. The molecule has 1 aliphatic rings. The number of unbranched alkanes of at least 4 members (excludes halogenated alkanes) is 1. The lowest BCUT2D eigenvalue weighted by Gasteiger charge is -2.03. The Labute approximate surface area is 96.4 Å². The third-order valence-electron chi connectivity index (χ3n) is 2.69. The van der Waals surface area contributed by atoms with Crippen LogP contribution in [0.3, 0.4) is 0 Å². The first-order valence-electron chi connectivity index (χ1n) is 5.58. The maximum atomic E-state index is 11.9. The highest BCUT2D eigenvalue weighted by atomic mass is 32.2. The van der Waals surface area contributed by atoms with Crippen molar-refractivity contribution in [1.29, 1.82) is 0 Å². The van der Waals surface area contributed by atoms with Gasteiger partial charge in [0, 0.05) is 0 Å². The summed E-state index contributed by atoms with van der Waals surface area (Å²) in [7, 11) is -3.08. The molecule has 0 N–H and O–H groups in total. The summed E-state index contributed by atoms with van der Waals surface area (Å²) in [5.74, 6) is 0.240. The summed E-state index contributed by atoms with van der Waals surface area (Å²) < 4.78 is 28.8. The summed E-state index contributed by atoms with van der Waals surface area (Å²) in [4.78, 5) is 0.428. The smallest absolute Gasteiger partial charge is 0.178 e. The van der Waals surface area contributed by atoms with Gasteiger partial charge in [0.25, 0.3) is 0 Å². The lowest BCUT2D eigenvalue weighted by atomic mass is 10.2. The second-order valence-electron chi connectivity index (χ2n) is 4.08. The first-order valence-corrected chi connectivity index (χ1v) is 7.23. The Morgan fingerprint density at radius 3 is 2.50 bits per heavy atom. The van der Waals surface area contributed by atoms with Crippen LogP contribution >= 0.6 is 0 Å². The van der Waals surface area contributed by atoms with Crippen LogP contribution in [0.2, 0.25) is 0 Å². The maximum absolute atomic E-state index is 11.9. The van der Waals surface area contributed by atoms with E-state index in [-0.39, 0.29) is 5.75 Å². The van der Waals surface area contributed by atoms with E-state index in [9.17, 15) is 8.42 Å². The number of rotatable bonds is 6. The van der Waals surface area contributed by atoms with Crippen LogP contribution < -0.4 is 0 Å². The molecule has 1 heterocycles. The molecule has 0 bridgehead atoms. The predicted octanol–water partition coefficient (Wildman–Crippen LogP) is 2.03. The molecule has 1 saturated heterocycles. The fourth-order valence-electron chi connectivity index (χ4n) is 1.64. The van der Waals surface area contributed by atoms with Gasteiger partial charge in [-0.05, 0) is 31.4 Å². The fraction of sp³-hybridized carbons (Fsp3) is 0.500. The van der Waals surface area contributed by atoms with E-state index in [2.05, 4.69) is 0 Å². The van der Waals surface area contributed by atoms with Gasteiger partial charge in [-0.3, -0.25) is 0 Å². The molecule has 0 amide bonds. The monoisotopic (exact) mass is 240 g/mol. The van der Waals surface area contributed by atoms with E-state index in [0.29, 0.717) is 11.0 Å². The molecule has 2 rings (SSSR count). The van der Waals surface area contributed by atoms with Crippen molar-refractivity contribution < 1.29 is 13.2 Å². The Kier molecular flexibility index (Phi) is 3.61. The molecule has 0 aliphatic carbocycles. The third-order valence-corrected chi connectivity index (χ3v) is 4.51. The molecule has 88 valence electrons. The van der Waals surface area contributed by atoms with Gasteiger partial charge in [-0.1, -0.05) is 18.2 Å². The zero-order valence-electron chi connectivity index (χ0n) is 9.13. The summed E-state index contributed by atoms with van der Waals surface area (Å²) in [6, 6.07) is 8.64. The molecule has 1 fully saturated rings. The average molecular weight is 240 g/mol. The topological polar surface area (TPSA) is 46.7 Å². The molecule has 0 aromatic heterocycles. The average Bonchev–Trinajstić information content (AvgIpc) is 3.10. The number of epoxide rings is 1. The summed E-state index contributed by atoms with van der Waals surface area (Å²) >= 11 is 0. The highest BCUT2D eigenvalue weighted by Crippen LogP contribution is 2.18. The summed E-state index contributed by atoms with van der Waals surface area (Å²) in [5, 5.41) is 0. The van der Waals surface area contributed by atoms with Gasteiger partial charge in [0.15, 0.2) is 9.84 Å². The Hall–Kier alpha value is -0.870. The minimum Gasteiger partial charge on any atom is -0.373 e. The highest BCUT2D eigenvalue weighted by molar-refractivity contribution is 7.91. The molecule has 1 aromatic carbocycles. The van der Waals surface area contributed by atoms with E-state index < -0.39 is 9.84 Å². The molecule has 1 aliphatic heterocycles. The lowest BCUT2D eigenvalue weighted by molar-refractivity contribution is 0.391. The van der Waals surface area contributed by atoms with Gasteiger partial charge >= 0.3 is 0 Å². The van der Waals surface area contributed by atoms with Crippen molar-refractivity contribution in [2.75, 3.05) is 12.4 Å². The van der Waals surface area contributed by atoms with E-state index in [1.807, 2.05) is 6.07 Å². The van der Waals surface area contributed by atoms with E-state index in [0.717, 1.165) is 25.9 Å². The van der Waals surface area contributed by atoms with E-state index in [1.165, 1.54) is 0 Å². The van der Waals surface area contributed by atoms with Gasteiger partial charge < -0.3 is 4.74 Å². The van der Waals surface area contributed by atoms with Crippen LogP contribution in [0.1, 0.15) is 19.3 Å². The van der Waals surface area contributed by atoms with Gasteiger partial charge in [-0.2, -0.15) is 0 Å². The Balaban J connectivity index is 1.82. The molecule has 4 heteroatoms. The first kappa shape index (κ1) is 11.6. The number of hydrogen-bond acceptors (Lipinski definition) is 3. The fourth-order valence-corrected chi connectivity index (χ4v) is 3.04. The van der Waals surface area contributed by atoms with Crippen LogP contribution in [0.15, 0.2) is 35.2 Å². The number of sulfone groups is 1. The molecule has 16 heavy (non-hydrogen) atoms. The van der Waals surface area contributed by atoms with E-state index in [4.69, 9.17) is 4.74 Å². The van der Waals surface area contributed by atoms with Gasteiger partial charge in [0.05, 0.1) is 23.4 Å². The van der Waals surface area contributed by atoms with Gasteiger partial charge in [-0.25, -0.2) is 8.42 Å². The van der Waals surface area contributed by atoms with Crippen LogP contribution in [0.5, 0.6) is 0 Å². The van der Waals surface area contributed by atoms with Crippen LogP contribution in [0, 0.1) is 0 Å². The van der Waals surface area contributed by atoms with Crippen LogP contribution in [-0.2, 0) is 14.6 Å². The first-order chi connectivity index (χ1) is 7.68. The molecule has 1 unspecified atom stereocenters. The van der Waals surface area contributed by atoms with Gasteiger partial charge in [0.1, 0.15) is 0 Å². The molecule has 0 spiro atoms. The normalized spacial score (nSPS) is 19.6. The summed E-state index contributed by atoms with van der Waals surface area (Å²) in [5.41, 5.74) is 0. The quantitative estimate of drug-likeness (QED) is 0.564. The minimum absolute atomic E-state index is 0.240. The standard InChI is InChI=1S/C12H16O3S/c13-16(14,12-7-2-1-3-8-12)9-5-4-6-11-10-15-11/h1-3,7-8,11H,4-6,9-10H2. The van der Waals surface area contributed by atoms with Crippen molar-refractivity contribution in [3.05, 3.63) is 30.3 Å². The summed E-state index contributed by atoms with van der Waals surface area (Å²) in [6.07, 6.45) is 3.04. The van der Waals surface area contributed by atoms with Crippen molar-refractivity contribution in [1.82, 2.24) is 0 Å². The van der Waals surface area contributed by atoms with Gasteiger partial charge in [-0.15, -0.1) is 0 Å². The summed E-state index contributed by atoms with van der Waals surface area (Å²) in [6.45, 7) is 0.853. The Morgan fingerprint density at radius 1 is 1.19 bits per heavy atom. The van der Waals surface area contributed by atoms with Crippen LogP contribution in [-0.4, -0.2) is 26.9 Å². The number of hydrogen-bond donors (Lipinski definition) is 0. The van der Waals surface area contributed by atoms with Crippen LogP contribution in [0.25, 0.3) is 0 Å². The minimum atomic E-state index is -3.08. The molecular weight excluding hydrogens is 224 g/mol. The molecule has 0 saturated carbocycles. The Bertz CT molecular complexity index is 421. The van der Waals surface area contributed by atoms with Gasteiger partial charge in [0.2, 0.25) is 0 Å². The molecular formula is C12H16O3S. The number of ether oxygens (including phenoxy) is 1. The van der Waals surface area contributed by atoms with Crippen molar-refractivity contribution in [2.24, 2.45) is 0 Å². The predicted molar refractivity (Wildman–Crippen MR) is 62.1 cm³/mol. The molecule has 0 radical (unpaired) electrons. The van der Waals surface area contributed by atoms with Crippen LogP contribution in [0.4, 0.5) is 0 Å². The highest BCUT2D eigenvalue weighted by Gasteiger charge is 2.21. The van der Waals surface area contributed by atoms with Crippen molar-refractivity contribution in [3.63, 3.8) is 0 Å². The number of benzene rings is 1.